The fourth-order valence-corrected chi connectivity index (χ4v) is 0.833. The maximum Gasteiger partial charge on any atom is 0.327 e. The Labute approximate surface area is 81.6 Å². The fraction of sp³-hybridized carbons (Fsp3) is 0.500. The summed E-state index contributed by atoms with van der Waals surface area (Å²) in [4.78, 5) is 19.7. The van der Waals surface area contributed by atoms with Crippen molar-refractivity contribution in [2.75, 3.05) is 13.2 Å². The number of aliphatic carboxylic acids is 1. The highest BCUT2D eigenvalue weighted by Crippen LogP contribution is 1.93. The van der Waals surface area contributed by atoms with Gasteiger partial charge in [0.1, 0.15) is 0 Å². The largest absolute Gasteiger partial charge is 0.478 e. The van der Waals surface area contributed by atoms with Crippen molar-refractivity contribution in [3.8, 4) is 0 Å². The van der Waals surface area contributed by atoms with Crippen LogP contribution in [0.25, 0.3) is 0 Å². The third-order valence-electron chi connectivity index (χ3n) is 1.50. The molecular formula is C8H14N2O4. The number of urea groups is 1. The van der Waals surface area contributed by atoms with Gasteiger partial charge >= 0.3 is 12.0 Å². The Morgan fingerprint density at radius 2 is 2.29 bits per heavy atom. The first-order chi connectivity index (χ1) is 6.60. The molecule has 1 aliphatic rings. The van der Waals surface area contributed by atoms with E-state index in [4.69, 9.17) is 10.2 Å². The van der Waals surface area contributed by atoms with Gasteiger partial charge in [-0.05, 0) is 6.42 Å². The lowest BCUT2D eigenvalue weighted by Crippen LogP contribution is -2.27. The number of hydrogen-bond donors (Lipinski definition) is 4. The van der Waals surface area contributed by atoms with Crippen LogP contribution in [0, 0.1) is 0 Å². The molecule has 0 spiro atoms. The Hall–Kier alpha value is -1.56. The molecule has 0 aliphatic carbocycles. The molecular weight excluding hydrogens is 188 g/mol. The number of carboxylic acids is 1. The molecule has 1 fully saturated rings. The lowest BCUT2D eigenvalue weighted by atomic mass is 10.2. The number of nitrogens with one attached hydrogen (secondary N) is 2. The van der Waals surface area contributed by atoms with Crippen LogP contribution in [0.15, 0.2) is 12.7 Å². The molecule has 0 aromatic carbocycles. The Morgan fingerprint density at radius 1 is 1.71 bits per heavy atom. The number of carboxylic acid groups (broad SMARTS) is 1. The van der Waals surface area contributed by atoms with Gasteiger partial charge in [0.2, 0.25) is 0 Å². The zero-order chi connectivity index (χ0) is 11.0. The molecule has 0 aromatic heterocycles. The van der Waals surface area contributed by atoms with Crippen LogP contribution in [0.5, 0.6) is 0 Å². The van der Waals surface area contributed by atoms with E-state index in [0.717, 1.165) is 6.08 Å². The summed E-state index contributed by atoms with van der Waals surface area (Å²) in [7, 11) is 0. The summed E-state index contributed by atoms with van der Waals surface area (Å²) in [5.41, 5.74) is 0. The molecule has 1 aliphatic heterocycles. The van der Waals surface area contributed by atoms with Crippen LogP contribution >= 0.6 is 0 Å². The maximum absolute atomic E-state index is 10.4. The van der Waals surface area contributed by atoms with Crippen molar-refractivity contribution in [1.82, 2.24) is 10.6 Å². The average Bonchev–Trinajstić information content (AvgIpc) is 2.53. The number of carbonyl (C=O) groups is 2. The number of carbonyl (C=O) groups excluding carboxylic acids is 1. The second kappa shape index (κ2) is 6.90. The Bertz CT molecular complexity index is 217. The highest BCUT2D eigenvalue weighted by Gasteiger charge is 2.18. The van der Waals surface area contributed by atoms with Crippen molar-refractivity contribution in [3.05, 3.63) is 12.7 Å². The summed E-state index contributed by atoms with van der Waals surface area (Å²) in [5, 5.41) is 21.3. The van der Waals surface area contributed by atoms with E-state index in [9.17, 15) is 9.59 Å². The number of aliphatic hydroxyl groups is 1. The second-order valence-electron chi connectivity index (χ2n) is 2.61. The monoisotopic (exact) mass is 202 g/mol. The number of aliphatic hydroxyl groups excluding tert-OH is 1. The minimum atomic E-state index is -0.981. The van der Waals surface area contributed by atoms with E-state index in [1.807, 2.05) is 0 Å². The van der Waals surface area contributed by atoms with Crippen molar-refractivity contribution in [1.29, 1.82) is 0 Å². The summed E-state index contributed by atoms with van der Waals surface area (Å²) in [6.45, 7) is 3.73. The average molecular weight is 202 g/mol. The predicted molar refractivity (Wildman–Crippen MR) is 49.9 cm³/mol. The van der Waals surface area contributed by atoms with Crippen LogP contribution in [0.2, 0.25) is 0 Å². The van der Waals surface area contributed by atoms with E-state index in [1.54, 1.807) is 0 Å². The van der Waals surface area contributed by atoms with E-state index in [-0.39, 0.29) is 18.7 Å². The second-order valence-corrected chi connectivity index (χ2v) is 2.61. The van der Waals surface area contributed by atoms with Crippen LogP contribution in [-0.2, 0) is 4.79 Å². The summed E-state index contributed by atoms with van der Waals surface area (Å²) in [6.07, 6.45) is 1.47. The molecule has 1 rings (SSSR count). The van der Waals surface area contributed by atoms with Crippen LogP contribution in [0.3, 0.4) is 0 Å². The van der Waals surface area contributed by atoms with Crippen molar-refractivity contribution < 1.29 is 19.8 Å². The normalized spacial score (nSPS) is 18.6. The number of rotatable bonds is 3. The van der Waals surface area contributed by atoms with E-state index in [0.29, 0.717) is 13.0 Å². The van der Waals surface area contributed by atoms with E-state index in [2.05, 4.69) is 17.2 Å². The topological polar surface area (TPSA) is 98.7 Å². The standard InChI is InChI=1S/C5H10N2O2.C3H4O2/c8-2-1-4-3-6-5(9)7-4;1-2-3(4)5/h4,8H,1-3H2,(H2,6,7,9);2H,1H2,(H,4,5). The van der Waals surface area contributed by atoms with E-state index in [1.165, 1.54) is 0 Å². The molecule has 1 saturated heterocycles. The molecule has 1 unspecified atom stereocenters. The molecule has 6 nitrogen and oxygen atoms in total. The summed E-state index contributed by atoms with van der Waals surface area (Å²) >= 11 is 0. The molecule has 6 heteroatoms. The van der Waals surface area contributed by atoms with Crippen LogP contribution in [0.4, 0.5) is 4.79 Å². The molecule has 4 N–H and O–H groups in total. The third kappa shape index (κ3) is 6.01. The Balaban J connectivity index is 0.000000292. The van der Waals surface area contributed by atoms with Crippen molar-refractivity contribution >= 4 is 12.0 Å². The maximum atomic E-state index is 10.4. The van der Waals surface area contributed by atoms with Gasteiger partial charge < -0.3 is 20.8 Å². The first-order valence-electron chi connectivity index (χ1n) is 4.10. The lowest BCUT2D eigenvalue weighted by molar-refractivity contribution is -0.131. The van der Waals surface area contributed by atoms with Crippen molar-refractivity contribution in [2.45, 2.75) is 12.5 Å². The Morgan fingerprint density at radius 3 is 2.57 bits per heavy atom. The highest BCUT2D eigenvalue weighted by molar-refractivity contribution is 5.78. The summed E-state index contributed by atoms with van der Waals surface area (Å²) in [5.74, 6) is -0.981. The zero-order valence-electron chi connectivity index (χ0n) is 7.69. The van der Waals surface area contributed by atoms with Crippen LogP contribution in [0.1, 0.15) is 6.42 Å². The number of hydrogen-bond acceptors (Lipinski definition) is 3. The predicted octanol–water partition coefficient (Wildman–Crippen LogP) is -0.693. The molecule has 14 heavy (non-hydrogen) atoms. The van der Waals surface area contributed by atoms with Gasteiger partial charge in [-0.1, -0.05) is 6.58 Å². The molecule has 0 bridgehead atoms. The highest BCUT2D eigenvalue weighted by atomic mass is 16.4. The fourth-order valence-electron chi connectivity index (χ4n) is 0.833. The van der Waals surface area contributed by atoms with Crippen LogP contribution < -0.4 is 10.6 Å². The van der Waals surface area contributed by atoms with Gasteiger partial charge in [0.25, 0.3) is 0 Å². The first kappa shape index (κ1) is 12.4. The Kier molecular flexibility index (Phi) is 6.13. The van der Waals surface area contributed by atoms with Gasteiger partial charge in [-0.25, -0.2) is 9.59 Å². The summed E-state index contributed by atoms with van der Waals surface area (Å²) in [6, 6.07) is -0.00375. The molecule has 1 atom stereocenters. The minimum absolute atomic E-state index is 0.127. The SMILES string of the molecule is C=CC(=O)O.O=C1NCC(CCO)N1. The van der Waals surface area contributed by atoms with Gasteiger partial charge in [0.05, 0.1) is 6.04 Å². The molecule has 0 radical (unpaired) electrons. The van der Waals surface area contributed by atoms with E-state index >= 15 is 0 Å². The van der Waals surface area contributed by atoms with E-state index < -0.39 is 5.97 Å². The van der Waals surface area contributed by atoms with Gasteiger partial charge in [-0.15, -0.1) is 0 Å². The van der Waals surface area contributed by atoms with Crippen LogP contribution in [-0.4, -0.2) is 41.4 Å². The van der Waals surface area contributed by atoms with Gasteiger partial charge in [0.15, 0.2) is 0 Å². The quantitative estimate of drug-likeness (QED) is 0.455. The molecule has 1 heterocycles. The van der Waals surface area contributed by atoms with Gasteiger partial charge in [-0.2, -0.15) is 0 Å². The summed E-state index contributed by atoms with van der Waals surface area (Å²) < 4.78 is 0. The van der Waals surface area contributed by atoms with Gasteiger partial charge in [-0.3, -0.25) is 0 Å². The molecule has 2 amide bonds. The number of amides is 2. The minimum Gasteiger partial charge on any atom is -0.478 e. The van der Waals surface area contributed by atoms with Crippen molar-refractivity contribution in [3.63, 3.8) is 0 Å². The zero-order valence-corrected chi connectivity index (χ0v) is 7.69. The van der Waals surface area contributed by atoms with Crippen molar-refractivity contribution in [2.24, 2.45) is 0 Å². The third-order valence-corrected chi connectivity index (χ3v) is 1.50. The lowest BCUT2D eigenvalue weighted by Gasteiger charge is -2.02. The first-order valence-corrected chi connectivity index (χ1v) is 4.10. The smallest absolute Gasteiger partial charge is 0.327 e. The molecule has 0 saturated carbocycles. The molecule has 80 valence electrons. The van der Waals surface area contributed by atoms with Gasteiger partial charge in [0, 0.05) is 19.2 Å². The molecule has 0 aromatic rings.